The Kier molecular flexibility index (Phi) is 4.83. The van der Waals surface area contributed by atoms with Crippen molar-refractivity contribution >= 4 is 39.0 Å². The molecule has 0 spiro atoms. The van der Waals surface area contributed by atoms with Gasteiger partial charge in [0.2, 0.25) is 10.0 Å². The van der Waals surface area contributed by atoms with Gasteiger partial charge in [0.25, 0.3) is 0 Å². The number of nitrogens with zero attached hydrogens (tertiary/aromatic N) is 1. The average molecular weight is 316 g/mol. The van der Waals surface area contributed by atoms with Gasteiger partial charge in [0.15, 0.2) is 0 Å². The molecule has 0 radical (unpaired) electrons. The third-order valence-electron chi connectivity index (χ3n) is 2.91. The second-order valence-corrected chi connectivity index (χ2v) is 7.99. The average Bonchev–Trinajstić information content (AvgIpc) is 2.40. The van der Waals surface area contributed by atoms with Gasteiger partial charge in [-0.15, -0.1) is 0 Å². The molecule has 19 heavy (non-hydrogen) atoms. The lowest BCUT2D eigenvalue weighted by Gasteiger charge is -2.25. The number of hydrogen-bond acceptors (Lipinski definition) is 4. The minimum Gasteiger partial charge on any atom is -0.393 e. The Bertz CT molecular complexity index is 549. The lowest BCUT2D eigenvalue weighted by atomic mass is 10.1. The molecule has 7 heteroatoms. The number of hydrogen-bond donors (Lipinski definition) is 1. The lowest BCUT2D eigenvalue weighted by molar-refractivity contribution is 0.443. The molecule has 1 aromatic carbocycles. The molecule has 0 aliphatic carbocycles. The third-order valence-corrected chi connectivity index (χ3v) is 5.91. The summed E-state index contributed by atoms with van der Waals surface area (Å²) < 4.78 is 26.3. The summed E-state index contributed by atoms with van der Waals surface area (Å²) >= 11 is 6.62. The maximum atomic E-state index is 12.4. The smallest absolute Gasteiger partial charge is 0.243 e. The van der Waals surface area contributed by atoms with Crippen molar-refractivity contribution in [1.29, 1.82) is 0 Å². The molecule has 1 saturated heterocycles. The van der Waals surface area contributed by atoms with Gasteiger partial charge in [0.05, 0.1) is 9.88 Å². The maximum Gasteiger partial charge on any atom is 0.243 e. The predicted octanol–water partition coefficient (Wildman–Crippen LogP) is 1.25. The van der Waals surface area contributed by atoms with Gasteiger partial charge in [-0.05, 0) is 17.7 Å². The molecule has 0 unspecified atom stereocenters. The van der Waals surface area contributed by atoms with Crippen molar-refractivity contribution < 1.29 is 8.42 Å². The van der Waals surface area contributed by atoms with Crippen LogP contribution in [0.5, 0.6) is 0 Å². The summed E-state index contributed by atoms with van der Waals surface area (Å²) in [4.78, 5) is 0.745. The molecular formula is C12H16N2O2S3. The van der Waals surface area contributed by atoms with Crippen LogP contribution in [0.25, 0.3) is 0 Å². The maximum absolute atomic E-state index is 12.4. The van der Waals surface area contributed by atoms with Crippen LogP contribution in [0, 0.1) is 0 Å². The van der Waals surface area contributed by atoms with Crippen LogP contribution >= 0.6 is 24.0 Å². The van der Waals surface area contributed by atoms with Crippen molar-refractivity contribution in [3.05, 3.63) is 29.8 Å². The van der Waals surface area contributed by atoms with Crippen molar-refractivity contribution in [1.82, 2.24) is 4.31 Å². The number of sulfonamides is 1. The standard InChI is InChI=1S/C12H16N2O2S3/c13-12(17)9-10-1-3-11(4-2-10)19(15,16)14-5-7-18-8-6-14/h1-4H,5-9H2,(H2,13,17). The zero-order chi connectivity index (χ0) is 13.9. The SMILES string of the molecule is NC(=S)Cc1ccc(S(=O)(=O)N2CCSCC2)cc1. The summed E-state index contributed by atoms with van der Waals surface area (Å²) in [6, 6.07) is 6.80. The molecule has 1 fully saturated rings. The third kappa shape index (κ3) is 3.68. The second-order valence-electron chi connectivity index (χ2n) is 4.30. The first kappa shape index (κ1) is 14.8. The van der Waals surface area contributed by atoms with Gasteiger partial charge < -0.3 is 5.73 Å². The summed E-state index contributed by atoms with van der Waals surface area (Å²) in [6.07, 6.45) is 0.496. The van der Waals surface area contributed by atoms with Gasteiger partial charge in [-0.25, -0.2) is 8.42 Å². The highest BCUT2D eigenvalue weighted by Gasteiger charge is 2.25. The van der Waals surface area contributed by atoms with Crippen LogP contribution in [0.15, 0.2) is 29.2 Å². The Labute approximate surface area is 123 Å². The number of rotatable bonds is 4. The summed E-state index contributed by atoms with van der Waals surface area (Å²) in [6.45, 7) is 1.17. The molecule has 0 aromatic heterocycles. The van der Waals surface area contributed by atoms with E-state index in [1.54, 1.807) is 40.3 Å². The van der Waals surface area contributed by atoms with Crippen LogP contribution in [0.4, 0.5) is 0 Å². The molecule has 1 aliphatic rings. The topological polar surface area (TPSA) is 63.4 Å². The van der Waals surface area contributed by atoms with Gasteiger partial charge in [-0.3, -0.25) is 0 Å². The van der Waals surface area contributed by atoms with Gasteiger partial charge in [-0.2, -0.15) is 16.1 Å². The van der Waals surface area contributed by atoms with E-state index in [0.29, 0.717) is 29.4 Å². The molecule has 0 atom stereocenters. The largest absolute Gasteiger partial charge is 0.393 e. The quantitative estimate of drug-likeness (QED) is 0.847. The fraction of sp³-hybridized carbons (Fsp3) is 0.417. The van der Waals surface area contributed by atoms with Crippen LogP contribution < -0.4 is 5.73 Å². The molecule has 0 bridgehead atoms. The summed E-state index contributed by atoms with van der Waals surface area (Å²) in [5.41, 5.74) is 6.40. The molecule has 4 nitrogen and oxygen atoms in total. The fourth-order valence-corrected chi connectivity index (χ4v) is 4.66. The van der Waals surface area contributed by atoms with Gasteiger partial charge in [0, 0.05) is 31.0 Å². The zero-order valence-electron chi connectivity index (χ0n) is 10.4. The first-order valence-electron chi connectivity index (χ1n) is 5.95. The van der Waals surface area contributed by atoms with E-state index in [1.165, 1.54) is 0 Å². The summed E-state index contributed by atoms with van der Waals surface area (Å²) in [5.74, 6) is 1.72. The van der Waals surface area contributed by atoms with Crippen LogP contribution in [-0.2, 0) is 16.4 Å². The van der Waals surface area contributed by atoms with Crippen LogP contribution in [-0.4, -0.2) is 42.3 Å². The first-order valence-corrected chi connectivity index (χ1v) is 8.95. The predicted molar refractivity (Wildman–Crippen MR) is 83.0 cm³/mol. The van der Waals surface area contributed by atoms with Crippen LogP contribution in [0.2, 0.25) is 0 Å². The normalized spacial score (nSPS) is 17.3. The lowest BCUT2D eigenvalue weighted by Crippen LogP contribution is -2.37. The van der Waals surface area contributed by atoms with Crippen LogP contribution in [0.1, 0.15) is 5.56 Å². The Hall–Kier alpha value is -0.630. The Morgan fingerprint density at radius 3 is 2.37 bits per heavy atom. The molecule has 1 heterocycles. The zero-order valence-corrected chi connectivity index (χ0v) is 12.9. The van der Waals surface area contributed by atoms with E-state index in [0.717, 1.165) is 17.1 Å². The molecule has 2 rings (SSSR count). The van der Waals surface area contributed by atoms with Gasteiger partial charge in [0.1, 0.15) is 0 Å². The monoisotopic (exact) mass is 316 g/mol. The number of thiocarbonyl (C=S) groups is 1. The first-order chi connectivity index (χ1) is 9.00. The molecule has 0 amide bonds. The fourth-order valence-electron chi connectivity index (χ4n) is 1.92. The molecule has 104 valence electrons. The molecular weight excluding hydrogens is 300 g/mol. The van der Waals surface area contributed by atoms with Gasteiger partial charge >= 0.3 is 0 Å². The van der Waals surface area contributed by atoms with Crippen molar-refractivity contribution in [2.45, 2.75) is 11.3 Å². The highest BCUT2D eigenvalue weighted by Crippen LogP contribution is 2.20. The Morgan fingerprint density at radius 2 is 1.84 bits per heavy atom. The summed E-state index contributed by atoms with van der Waals surface area (Å²) in [7, 11) is -3.35. The Balaban J connectivity index is 2.18. The highest BCUT2D eigenvalue weighted by atomic mass is 32.2. The van der Waals surface area contributed by atoms with Gasteiger partial charge in [-0.1, -0.05) is 24.4 Å². The van der Waals surface area contributed by atoms with E-state index in [-0.39, 0.29) is 0 Å². The minimum absolute atomic E-state index is 0.339. The molecule has 1 aliphatic heterocycles. The van der Waals surface area contributed by atoms with Crippen molar-refractivity contribution in [2.24, 2.45) is 5.73 Å². The summed E-state index contributed by atoms with van der Waals surface area (Å²) in [5, 5.41) is 0. The Morgan fingerprint density at radius 1 is 1.26 bits per heavy atom. The minimum atomic E-state index is -3.35. The van der Waals surface area contributed by atoms with Crippen LogP contribution in [0.3, 0.4) is 0 Å². The van der Waals surface area contributed by atoms with E-state index in [4.69, 9.17) is 18.0 Å². The van der Waals surface area contributed by atoms with E-state index in [9.17, 15) is 8.42 Å². The van der Waals surface area contributed by atoms with E-state index in [1.807, 2.05) is 0 Å². The number of nitrogens with two attached hydrogens (primary N) is 1. The van der Waals surface area contributed by atoms with E-state index in [2.05, 4.69) is 0 Å². The van der Waals surface area contributed by atoms with Crippen molar-refractivity contribution in [2.75, 3.05) is 24.6 Å². The number of thioether (sulfide) groups is 1. The van der Waals surface area contributed by atoms with E-state index >= 15 is 0 Å². The highest BCUT2D eigenvalue weighted by molar-refractivity contribution is 7.99. The molecule has 0 saturated carbocycles. The van der Waals surface area contributed by atoms with E-state index < -0.39 is 10.0 Å². The molecule has 1 aromatic rings. The van der Waals surface area contributed by atoms with Crippen molar-refractivity contribution in [3.63, 3.8) is 0 Å². The second kappa shape index (κ2) is 6.21. The number of benzene rings is 1. The molecule has 2 N–H and O–H groups in total. The van der Waals surface area contributed by atoms with Crippen molar-refractivity contribution in [3.8, 4) is 0 Å².